The van der Waals surface area contributed by atoms with Gasteiger partial charge < -0.3 is 19.1 Å². The van der Waals surface area contributed by atoms with E-state index in [9.17, 15) is 15.2 Å². The molecule has 1 aromatic carbocycles. The first kappa shape index (κ1) is 17.5. The molecule has 0 aliphatic carbocycles. The van der Waals surface area contributed by atoms with Crippen LogP contribution < -0.4 is 9.84 Å². The van der Waals surface area contributed by atoms with Crippen LogP contribution in [0.15, 0.2) is 70.9 Å². The van der Waals surface area contributed by atoms with Crippen LogP contribution in [-0.2, 0) is 0 Å². The Bertz CT molecular complexity index is 1180. The number of furan rings is 1. The van der Waals surface area contributed by atoms with Crippen LogP contribution >= 0.6 is 11.3 Å². The van der Waals surface area contributed by atoms with Crippen molar-refractivity contribution in [2.24, 2.45) is 0 Å². The van der Waals surface area contributed by atoms with Gasteiger partial charge in [-0.25, -0.2) is 4.98 Å². The SMILES string of the molecule is N#Cc1c(-c2ccoc2)cc(-c2cccs2)nc1Oc1cccc(C(=O)[O-])c1. The van der Waals surface area contributed by atoms with Gasteiger partial charge in [-0.2, -0.15) is 5.26 Å². The van der Waals surface area contributed by atoms with Crippen molar-refractivity contribution in [1.29, 1.82) is 5.26 Å². The fraction of sp³-hybridized carbons (Fsp3) is 0. The molecule has 3 aromatic heterocycles. The number of ether oxygens (including phenoxy) is 1. The maximum absolute atomic E-state index is 11.1. The zero-order valence-electron chi connectivity index (χ0n) is 14.3. The van der Waals surface area contributed by atoms with E-state index in [1.807, 2.05) is 17.5 Å². The molecule has 0 N–H and O–H groups in total. The van der Waals surface area contributed by atoms with E-state index in [4.69, 9.17) is 9.15 Å². The number of thiophene rings is 1. The second kappa shape index (κ2) is 7.39. The summed E-state index contributed by atoms with van der Waals surface area (Å²) in [6, 6.07) is 15.3. The van der Waals surface area contributed by atoms with Crippen molar-refractivity contribution < 1.29 is 19.1 Å². The second-order valence-electron chi connectivity index (χ2n) is 5.75. The molecule has 136 valence electrons. The molecule has 0 bridgehead atoms. The average molecular weight is 387 g/mol. The number of hydrogen-bond donors (Lipinski definition) is 0. The fourth-order valence-electron chi connectivity index (χ4n) is 2.70. The van der Waals surface area contributed by atoms with Gasteiger partial charge in [0.15, 0.2) is 0 Å². The fourth-order valence-corrected chi connectivity index (χ4v) is 3.38. The second-order valence-corrected chi connectivity index (χ2v) is 6.70. The van der Waals surface area contributed by atoms with Crippen LogP contribution in [0.3, 0.4) is 0 Å². The summed E-state index contributed by atoms with van der Waals surface area (Å²) < 4.78 is 11.0. The number of hydrogen-bond acceptors (Lipinski definition) is 7. The zero-order valence-corrected chi connectivity index (χ0v) is 15.1. The Balaban J connectivity index is 1.87. The lowest BCUT2D eigenvalue weighted by Crippen LogP contribution is -2.22. The molecular weight excluding hydrogens is 376 g/mol. The molecular formula is C21H11N2O4S-. The summed E-state index contributed by atoms with van der Waals surface area (Å²) in [7, 11) is 0. The Kier molecular flexibility index (Phi) is 4.62. The van der Waals surface area contributed by atoms with Crippen molar-refractivity contribution in [3.63, 3.8) is 0 Å². The third-order valence-corrected chi connectivity index (χ3v) is 4.88. The van der Waals surface area contributed by atoms with E-state index in [-0.39, 0.29) is 22.8 Å². The molecule has 3 heterocycles. The summed E-state index contributed by atoms with van der Waals surface area (Å²) in [5.41, 5.74) is 2.16. The third kappa shape index (κ3) is 3.37. The van der Waals surface area contributed by atoms with Crippen LogP contribution in [0, 0.1) is 11.3 Å². The normalized spacial score (nSPS) is 10.4. The highest BCUT2D eigenvalue weighted by atomic mass is 32.1. The predicted molar refractivity (Wildman–Crippen MR) is 101 cm³/mol. The van der Waals surface area contributed by atoms with Crippen molar-refractivity contribution >= 4 is 17.3 Å². The number of carbonyl (C=O) groups is 1. The standard InChI is InChI=1S/C21H12N2O4S/c22-11-17-16(14-6-7-26-12-14)10-18(19-5-2-8-28-19)23-20(17)27-15-4-1-3-13(9-15)21(24)25/h1-10,12H,(H,24,25)/p-1. The van der Waals surface area contributed by atoms with Crippen molar-refractivity contribution in [2.75, 3.05) is 0 Å². The molecule has 0 fully saturated rings. The van der Waals surface area contributed by atoms with E-state index in [1.54, 1.807) is 18.2 Å². The van der Waals surface area contributed by atoms with Crippen molar-refractivity contribution in [3.8, 4) is 39.4 Å². The van der Waals surface area contributed by atoms with Crippen LogP contribution in [0.5, 0.6) is 11.6 Å². The minimum Gasteiger partial charge on any atom is -0.545 e. The summed E-state index contributed by atoms with van der Waals surface area (Å²) in [5.74, 6) is -0.988. The monoisotopic (exact) mass is 387 g/mol. The molecule has 0 saturated carbocycles. The Labute approximate surface area is 163 Å². The van der Waals surface area contributed by atoms with Crippen molar-refractivity contribution in [2.45, 2.75) is 0 Å². The quantitative estimate of drug-likeness (QED) is 0.511. The first-order chi connectivity index (χ1) is 13.7. The van der Waals surface area contributed by atoms with Gasteiger partial charge in [0.2, 0.25) is 5.88 Å². The molecule has 0 spiro atoms. The van der Waals surface area contributed by atoms with Gasteiger partial charge in [0.05, 0.1) is 29.1 Å². The Morgan fingerprint density at radius 3 is 2.79 bits per heavy atom. The molecule has 6 nitrogen and oxygen atoms in total. The summed E-state index contributed by atoms with van der Waals surface area (Å²) >= 11 is 1.51. The smallest absolute Gasteiger partial charge is 0.238 e. The van der Waals surface area contributed by atoms with E-state index < -0.39 is 5.97 Å². The van der Waals surface area contributed by atoms with Gasteiger partial charge >= 0.3 is 0 Å². The van der Waals surface area contributed by atoms with Crippen molar-refractivity contribution in [1.82, 2.24) is 4.98 Å². The average Bonchev–Trinajstić information content (AvgIpc) is 3.41. The summed E-state index contributed by atoms with van der Waals surface area (Å²) in [6.45, 7) is 0. The molecule has 4 aromatic rings. The Morgan fingerprint density at radius 2 is 2.11 bits per heavy atom. The van der Waals surface area contributed by atoms with Gasteiger partial charge in [-0.1, -0.05) is 18.2 Å². The number of carbonyl (C=O) groups excluding carboxylic acids is 1. The Morgan fingerprint density at radius 1 is 1.21 bits per heavy atom. The topological polar surface area (TPSA) is 99.2 Å². The molecule has 0 saturated heterocycles. The largest absolute Gasteiger partial charge is 0.545 e. The van der Waals surface area contributed by atoms with Gasteiger partial charge in [-0.3, -0.25) is 0 Å². The molecule has 0 aliphatic rings. The highest BCUT2D eigenvalue weighted by Crippen LogP contribution is 2.36. The van der Waals surface area contributed by atoms with Gasteiger partial charge in [0, 0.05) is 16.7 Å². The van der Waals surface area contributed by atoms with Gasteiger partial charge in [0.1, 0.15) is 17.4 Å². The molecule has 0 unspecified atom stereocenters. The lowest BCUT2D eigenvalue weighted by molar-refractivity contribution is -0.255. The highest BCUT2D eigenvalue weighted by molar-refractivity contribution is 7.13. The van der Waals surface area contributed by atoms with Gasteiger partial charge in [-0.05, 0) is 35.7 Å². The highest BCUT2D eigenvalue weighted by Gasteiger charge is 2.18. The number of pyridine rings is 1. The number of aromatic carboxylic acids is 1. The van der Waals surface area contributed by atoms with E-state index in [1.165, 1.54) is 42.1 Å². The van der Waals surface area contributed by atoms with Gasteiger partial charge in [-0.15, -0.1) is 11.3 Å². The molecule has 4 rings (SSSR count). The van der Waals surface area contributed by atoms with E-state index >= 15 is 0 Å². The summed E-state index contributed by atoms with van der Waals surface area (Å²) in [6.07, 6.45) is 3.06. The Hall–Kier alpha value is -3.89. The summed E-state index contributed by atoms with van der Waals surface area (Å²) in [4.78, 5) is 16.5. The number of nitriles is 1. The molecule has 7 heteroatoms. The van der Waals surface area contributed by atoms with Crippen LogP contribution in [-0.4, -0.2) is 11.0 Å². The molecule has 0 radical (unpaired) electrons. The van der Waals surface area contributed by atoms with E-state index in [0.29, 0.717) is 16.8 Å². The van der Waals surface area contributed by atoms with E-state index in [2.05, 4.69) is 11.1 Å². The number of aromatic nitrogens is 1. The minimum atomic E-state index is -1.31. The first-order valence-corrected chi connectivity index (χ1v) is 9.04. The maximum Gasteiger partial charge on any atom is 0.238 e. The number of rotatable bonds is 5. The molecule has 0 amide bonds. The lowest BCUT2D eigenvalue weighted by Gasteiger charge is -2.12. The number of carboxylic acid groups (broad SMARTS) is 1. The number of carboxylic acids is 1. The van der Waals surface area contributed by atoms with E-state index in [0.717, 1.165) is 4.88 Å². The van der Waals surface area contributed by atoms with Crippen LogP contribution in [0.1, 0.15) is 15.9 Å². The molecule has 0 aliphatic heterocycles. The molecule has 0 atom stereocenters. The zero-order chi connectivity index (χ0) is 19.5. The van der Waals surface area contributed by atoms with Crippen LogP contribution in [0.25, 0.3) is 21.7 Å². The summed E-state index contributed by atoms with van der Waals surface area (Å²) in [5, 5.41) is 22.8. The van der Waals surface area contributed by atoms with Crippen LogP contribution in [0.2, 0.25) is 0 Å². The third-order valence-electron chi connectivity index (χ3n) is 3.99. The van der Waals surface area contributed by atoms with Crippen molar-refractivity contribution in [3.05, 3.63) is 77.6 Å². The maximum atomic E-state index is 11.1. The predicted octanol–water partition coefficient (Wildman–Crippen LogP) is 4.10. The minimum absolute atomic E-state index is 0.0273. The van der Waals surface area contributed by atoms with Gasteiger partial charge in [0.25, 0.3) is 0 Å². The first-order valence-electron chi connectivity index (χ1n) is 8.16. The lowest BCUT2D eigenvalue weighted by atomic mass is 10.0. The molecule has 28 heavy (non-hydrogen) atoms. The van der Waals surface area contributed by atoms with Crippen LogP contribution in [0.4, 0.5) is 0 Å². The number of benzene rings is 1. The number of nitrogens with zero attached hydrogens (tertiary/aromatic N) is 2.